The van der Waals surface area contributed by atoms with Crippen molar-refractivity contribution < 1.29 is 19.1 Å². The Kier molecular flexibility index (Phi) is 5.84. The lowest BCUT2D eigenvalue weighted by Crippen LogP contribution is -2.34. The van der Waals surface area contributed by atoms with Gasteiger partial charge in [-0.1, -0.05) is 18.2 Å². The minimum atomic E-state index is -0.250. The molecule has 0 saturated carbocycles. The molecule has 0 unspecified atom stereocenters. The molecule has 2 amide bonds. The summed E-state index contributed by atoms with van der Waals surface area (Å²) in [5, 5.41) is 6.52. The van der Waals surface area contributed by atoms with Gasteiger partial charge in [0.2, 0.25) is 0 Å². The number of rotatable bonds is 7. The van der Waals surface area contributed by atoms with Crippen LogP contribution in [0.25, 0.3) is 10.9 Å². The van der Waals surface area contributed by atoms with E-state index in [-0.39, 0.29) is 11.8 Å². The quantitative estimate of drug-likeness (QED) is 0.616. The van der Waals surface area contributed by atoms with Crippen molar-refractivity contribution in [1.82, 2.24) is 15.2 Å². The van der Waals surface area contributed by atoms with Gasteiger partial charge >= 0.3 is 0 Å². The number of amides is 2. The second-order valence-corrected chi connectivity index (χ2v) is 6.25. The average molecular weight is 381 g/mol. The summed E-state index contributed by atoms with van der Waals surface area (Å²) >= 11 is 0. The summed E-state index contributed by atoms with van der Waals surface area (Å²) in [5.74, 6) is 0.623. The molecule has 7 nitrogen and oxygen atoms in total. The van der Waals surface area contributed by atoms with Crippen molar-refractivity contribution in [2.75, 3.05) is 27.3 Å². The summed E-state index contributed by atoms with van der Waals surface area (Å²) < 4.78 is 12.3. The number of para-hydroxylation sites is 1. The summed E-state index contributed by atoms with van der Waals surface area (Å²) in [6.07, 6.45) is 1.81. The Morgan fingerprint density at radius 1 is 0.929 bits per heavy atom. The maximum absolute atomic E-state index is 12.5. The van der Waals surface area contributed by atoms with Crippen molar-refractivity contribution >= 4 is 22.7 Å². The number of benzene rings is 2. The largest absolute Gasteiger partial charge is 0.493 e. The Labute approximate surface area is 163 Å². The third-order valence-corrected chi connectivity index (χ3v) is 4.48. The lowest BCUT2D eigenvalue weighted by Gasteiger charge is -2.10. The lowest BCUT2D eigenvalue weighted by atomic mass is 10.1. The van der Waals surface area contributed by atoms with Crippen LogP contribution in [0.3, 0.4) is 0 Å². The van der Waals surface area contributed by atoms with Gasteiger partial charge in [0.25, 0.3) is 11.8 Å². The van der Waals surface area contributed by atoms with Gasteiger partial charge in [-0.05, 0) is 24.3 Å². The van der Waals surface area contributed by atoms with E-state index in [4.69, 9.17) is 9.47 Å². The molecule has 2 aromatic carbocycles. The minimum Gasteiger partial charge on any atom is -0.493 e. The van der Waals surface area contributed by atoms with E-state index in [0.29, 0.717) is 35.7 Å². The normalized spacial score (nSPS) is 10.5. The molecule has 0 atom stereocenters. The minimum absolute atomic E-state index is 0.169. The van der Waals surface area contributed by atoms with E-state index in [0.717, 1.165) is 10.9 Å². The Morgan fingerprint density at radius 2 is 1.61 bits per heavy atom. The smallest absolute Gasteiger partial charge is 0.253 e. The number of aryl methyl sites for hydroxylation is 1. The van der Waals surface area contributed by atoms with Gasteiger partial charge in [-0.25, -0.2) is 0 Å². The zero-order valence-corrected chi connectivity index (χ0v) is 16.1. The summed E-state index contributed by atoms with van der Waals surface area (Å²) in [6.45, 7) is 0.630. The van der Waals surface area contributed by atoms with E-state index in [1.807, 2.05) is 42.1 Å². The van der Waals surface area contributed by atoms with Gasteiger partial charge in [0.15, 0.2) is 11.5 Å². The molecule has 2 N–H and O–H groups in total. The molecule has 0 radical (unpaired) electrons. The van der Waals surface area contributed by atoms with E-state index in [9.17, 15) is 9.59 Å². The fourth-order valence-electron chi connectivity index (χ4n) is 3.05. The van der Waals surface area contributed by atoms with Crippen LogP contribution in [0.1, 0.15) is 20.7 Å². The van der Waals surface area contributed by atoms with E-state index in [1.54, 1.807) is 18.2 Å². The zero-order chi connectivity index (χ0) is 20.1. The highest BCUT2D eigenvalue weighted by molar-refractivity contribution is 6.07. The standard InChI is InChI=1S/C21H23N3O4/c1-24-13-16(15-6-4-5-7-17(15)24)21(26)23-11-10-22-20(25)14-8-9-18(27-2)19(12-14)28-3/h4-9,12-13H,10-11H2,1-3H3,(H,22,25)(H,23,26). The number of carbonyl (C=O) groups excluding carboxylic acids is 2. The van der Waals surface area contributed by atoms with Gasteiger partial charge < -0.3 is 24.7 Å². The number of fused-ring (bicyclic) bond motifs is 1. The molecule has 1 heterocycles. The topological polar surface area (TPSA) is 81.6 Å². The molecule has 0 aliphatic rings. The second kappa shape index (κ2) is 8.47. The third kappa shape index (κ3) is 3.93. The van der Waals surface area contributed by atoms with Crippen LogP contribution in [0.4, 0.5) is 0 Å². The molecule has 0 spiro atoms. The predicted molar refractivity (Wildman–Crippen MR) is 107 cm³/mol. The highest BCUT2D eigenvalue weighted by atomic mass is 16.5. The average Bonchev–Trinajstić information content (AvgIpc) is 3.07. The predicted octanol–water partition coefficient (Wildman–Crippen LogP) is 2.36. The molecule has 3 rings (SSSR count). The maximum atomic E-state index is 12.5. The highest BCUT2D eigenvalue weighted by Gasteiger charge is 2.14. The summed E-state index contributed by atoms with van der Waals surface area (Å²) in [4.78, 5) is 24.8. The van der Waals surface area contributed by atoms with Crippen molar-refractivity contribution in [3.05, 3.63) is 59.8 Å². The molecule has 3 aromatic rings. The molecule has 0 bridgehead atoms. The molecule has 0 fully saturated rings. The van der Waals surface area contributed by atoms with Crippen LogP contribution in [0.15, 0.2) is 48.7 Å². The molecule has 0 aliphatic carbocycles. The van der Waals surface area contributed by atoms with Crippen LogP contribution in [0.5, 0.6) is 11.5 Å². The van der Waals surface area contributed by atoms with Gasteiger partial charge in [0.05, 0.1) is 19.8 Å². The van der Waals surface area contributed by atoms with Crippen molar-refractivity contribution in [2.45, 2.75) is 0 Å². The zero-order valence-electron chi connectivity index (χ0n) is 16.1. The van der Waals surface area contributed by atoms with Gasteiger partial charge in [-0.15, -0.1) is 0 Å². The van der Waals surface area contributed by atoms with Gasteiger partial charge in [0, 0.05) is 42.8 Å². The number of hydrogen-bond acceptors (Lipinski definition) is 4. The SMILES string of the molecule is COc1ccc(C(=O)NCCNC(=O)c2cn(C)c3ccccc23)cc1OC. The second-order valence-electron chi connectivity index (χ2n) is 6.25. The molecular weight excluding hydrogens is 358 g/mol. The number of nitrogens with zero attached hydrogens (tertiary/aromatic N) is 1. The first kappa shape index (κ1) is 19.3. The van der Waals surface area contributed by atoms with Crippen LogP contribution in [0, 0.1) is 0 Å². The number of nitrogens with one attached hydrogen (secondary N) is 2. The van der Waals surface area contributed by atoms with Crippen LogP contribution in [-0.4, -0.2) is 43.7 Å². The van der Waals surface area contributed by atoms with E-state index >= 15 is 0 Å². The molecule has 7 heteroatoms. The Balaban J connectivity index is 1.55. The molecule has 0 aliphatic heterocycles. The molecule has 0 saturated heterocycles. The summed E-state index contributed by atoms with van der Waals surface area (Å²) in [6, 6.07) is 12.7. The lowest BCUT2D eigenvalue weighted by molar-refractivity contribution is 0.0928. The Bertz CT molecular complexity index is 1010. The number of ether oxygens (including phenoxy) is 2. The van der Waals surface area contributed by atoms with E-state index in [2.05, 4.69) is 10.6 Å². The monoisotopic (exact) mass is 381 g/mol. The van der Waals surface area contributed by atoms with Gasteiger partial charge in [0.1, 0.15) is 0 Å². The maximum Gasteiger partial charge on any atom is 0.253 e. The highest BCUT2D eigenvalue weighted by Crippen LogP contribution is 2.27. The van der Waals surface area contributed by atoms with E-state index in [1.165, 1.54) is 14.2 Å². The summed E-state index contributed by atoms with van der Waals surface area (Å²) in [5.41, 5.74) is 2.07. The number of carbonyl (C=O) groups is 2. The van der Waals surface area contributed by atoms with Crippen LogP contribution >= 0.6 is 0 Å². The molecule has 28 heavy (non-hydrogen) atoms. The Morgan fingerprint density at radius 3 is 2.32 bits per heavy atom. The molecular formula is C21H23N3O4. The fourth-order valence-corrected chi connectivity index (χ4v) is 3.05. The van der Waals surface area contributed by atoms with Crippen LogP contribution < -0.4 is 20.1 Å². The summed E-state index contributed by atoms with van der Waals surface area (Å²) in [7, 11) is 4.96. The first-order chi connectivity index (χ1) is 13.5. The number of methoxy groups -OCH3 is 2. The van der Waals surface area contributed by atoms with Crippen molar-refractivity contribution in [1.29, 1.82) is 0 Å². The molecule has 1 aromatic heterocycles. The first-order valence-electron chi connectivity index (χ1n) is 8.87. The van der Waals surface area contributed by atoms with Crippen LogP contribution in [0.2, 0.25) is 0 Å². The van der Waals surface area contributed by atoms with Crippen molar-refractivity contribution in [2.24, 2.45) is 7.05 Å². The molecule has 146 valence electrons. The van der Waals surface area contributed by atoms with Crippen molar-refractivity contribution in [3.63, 3.8) is 0 Å². The third-order valence-electron chi connectivity index (χ3n) is 4.48. The Hall–Kier alpha value is -3.48. The number of aromatic nitrogens is 1. The fraction of sp³-hybridized carbons (Fsp3) is 0.238. The van der Waals surface area contributed by atoms with Gasteiger partial charge in [-0.2, -0.15) is 0 Å². The van der Waals surface area contributed by atoms with Crippen molar-refractivity contribution in [3.8, 4) is 11.5 Å². The van der Waals surface area contributed by atoms with Gasteiger partial charge in [-0.3, -0.25) is 9.59 Å². The first-order valence-corrected chi connectivity index (χ1v) is 8.87. The van der Waals surface area contributed by atoms with Crippen LogP contribution in [-0.2, 0) is 7.05 Å². The number of hydrogen-bond donors (Lipinski definition) is 2. The van der Waals surface area contributed by atoms with E-state index < -0.39 is 0 Å².